The number of nitrogens with zero attached hydrogens (tertiary/aromatic N) is 1. The van der Waals surface area contributed by atoms with E-state index in [1.807, 2.05) is 12.1 Å². The molecule has 0 bridgehead atoms. The molecule has 92 valence electrons. The van der Waals surface area contributed by atoms with Crippen LogP contribution in [0.5, 0.6) is 0 Å². The van der Waals surface area contributed by atoms with E-state index in [0.29, 0.717) is 13.1 Å². The van der Waals surface area contributed by atoms with Crippen molar-refractivity contribution in [3.05, 3.63) is 48.0 Å². The van der Waals surface area contributed by atoms with Crippen molar-refractivity contribution in [2.45, 2.75) is 19.9 Å². The van der Waals surface area contributed by atoms with E-state index in [2.05, 4.69) is 30.5 Å². The van der Waals surface area contributed by atoms with Crippen LogP contribution < -0.4 is 0 Å². The third kappa shape index (κ3) is 4.83. The molecule has 17 heavy (non-hydrogen) atoms. The molecular weight excluding hydrogens is 214 g/mol. The Morgan fingerprint density at radius 3 is 2.76 bits per heavy atom. The molecule has 0 aliphatic carbocycles. The van der Waals surface area contributed by atoms with Crippen molar-refractivity contribution in [1.29, 1.82) is 0 Å². The van der Waals surface area contributed by atoms with Crippen LogP contribution in [-0.4, -0.2) is 29.1 Å². The molecule has 0 radical (unpaired) electrons. The van der Waals surface area contributed by atoms with Crippen LogP contribution in [0.25, 0.3) is 0 Å². The van der Waals surface area contributed by atoms with Gasteiger partial charge in [0.05, 0.1) is 6.42 Å². The van der Waals surface area contributed by atoms with Crippen molar-refractivity contribution in [3.8, 4) is 0 Å². The Bertz CT molecular complexity index is 388. The molecule has 3 heteroatoms. The lowest BCUT2D eigenvalue weighted by Crippen LogP contribution is -2.26. The summed E-state index contributed by atoms with van der Waals surface area (Å²) in [5.74, 6) is -0.760. The Balaban J connectivity index is 2.62. The molecule has 0 aliphatic heterocycles. The number of aliphatic carboxylic acids is 1. The fourth-order valence-electron chi connectivity index (χ4n) is 1.70. The molecule has 0 saturated heterocycles. The van der Waals surface area contributed by atoms with E-state index in [1.54, 1.807) is 6.08 Å². The van der Waals surface area contributed by atoms with Crippen LogP contribution in [-0.2, 0) is 11.3 Å². The predicted octanol–water partition coefficient (Wildman–Crippen LogP) is 2.46. The zero-order valence-electron chi connectivity index (χ0n) is 10.2. The maximum Gasteiger partial charge on any atom is 0.304 e. The van der Waals surface area contributed by atoms with Gasteiger partial charge in [-0.15, -0.1) is 6.58 Å². The van der Waals surface area contributed by atoms with Gasteiger partial charge in [-0.25, -0.2) is 0 Å². The van der Waals surface area contributed by atoms with Gasteiger partial charge in [0.25, 0.3) is 0 Å². The highest BCUT2D eigenvalue weighted by Crippen LogP contribution is 2.10. The van der Waals surface area contributed by atoms with Gasteiger partial charge in [0.2, 0.25) is 0 Å². The van der Waals surface area contributed by atoms with Crippen LogP contribution in [0.1, 0.15) is 17.5 Å². The smallest absolute Gasteiger partial charge is 0.304 e. The van der Waals surface area contributed by atoms with Crippen molar-refractivity contribution < 1.29 is 9.90 Å². The second-order valence-corrected chi connectivity index (χ2v) is 4.09. The summed E-state index contributed by atoms with van der Waals surface area (Å²) in [7, 11) is 0. The Hall–Kier alpha value is -1.61. The summed E-state index contributed by atoms with van der Waals surface area (Å²) in [6, 6.07) is 8.16. The van der Waals surface area contributed by atoms with Gasteiger partial charge < -0.3 is 5.11 Å². The SMILES string of the molecule is C=CCN(CCC(=O)O)Cc1ccccc1C. The lowest BCUT2D eigenvalue weighted by molar-refractivity contribution is -0.137. The molecule has 1 N–H and O–H groups in total. The van der Waals surface area contributed by atoms with Crippen molar-refractivity contribution in [1.82, 2.24) is 4.90 Å². The lowest BCUT2D eigenvalue weighted by Gasteiger charge is -2.20. The molecule has 0 heterocycles. The van der Waals surface area contributed by atoms with E-state index < -0.39 is 5.97 Å². The molecule has 0 aliphatic rings. The standard InChI is InChI=1S/C14H19NO2/c1-3-9-15(10-8-14(16)17)11-13-7-5-4-6-12(13)2/h3-7H,1,8-11H2,2H3,(H,16,17). The number of rotatable bonds is 7. The number of benzene rings is 1. The van der Waals surface area contributed by atoms with Gasteiger partial charge in [-0.1, -0.05) is 30.3 Å². The summed E-state index contributed by atoms with van der Waals surface area (Å²) in [5.41, 5.74) is 2.47. The highest BCUT2D eigenvalue weighted by Gasteiger charge is 2.08. The lowest BCUT2D eigenvalue weighted by atomic mass is 10.1. The van der Waals surface area contributed by atoms with Crippen molar-refractivity contribution in [2.24, 2.45) is 0 Å². The molecule has 0 aromatic heterocycles. The molecule has 0 atom stereocenters. The summed E-state index contributed by atoms with van der Waals surface area (Å²) in [6.07, 6.45) is 1.97. The van der Waals surface area contributed by atoms with E-state index in [4.69, 9.17) is 5.11 Å². The first-order valence-electron chi connectivity index (χ1n) is 5.73. The molecule has 0 amide bonds. The number of hydrogen-bond acceptors (Lipinski definition) is 2. The fourth-order valence-corrected chi connectivity index (χ4v) is 1.70. The first kappa shape index (κ1) is 13.5. The zero-order chi connectivity index (χ0) is 12.7. The fraction of sp³-hybridized carbons (Fsp3) is 0.357. The normalized spacial score (nSPS) is 10.5. The van der Waals surface area contributed by atoms with Gasteiger partial charge in [0.15, 0.2) is 0 Å². The van der Waals surface area contributed by atoms with Crippen molar-refractivity contribution in [2.75, 3.05) is 13.1 Å². The molecular formula is C14H19NO2. The van der Waals surface area contributed by atoms with Gasteiger partial charge in [-0.2, -0.15) is 0 Å². The van der Waals surface area contributed by atoms with Gasteiger partial charge in [0.1, 0.15) is 0 Å². The molecule has 1 aromatic rings. The van der Waals surface area contributed by atoms with Gasteiger partial charge in [0, 0.05) is 19.6 Å². The highest BCUT2D eigenvalue weighted by atomic mass is 16.4. The van der Waals surface area contributed by atoms with E-state index in [-0.39, 0.29) is 6.42 Å². The van der Waals surface area contributed by atoms with Crippen LogP contribution in [0.15, 0.2) is 36.9 Å². The minimum atomic E-state index is -0.760. The third-order valence-corrected chi connectivity index (χ3v) is 2.68. The maximum atomic E-state index is 10.6. The Kier molecular flexibility index (Phi) is 5.43. The molecule has 0 unspecified atom stereocenters. The van der Waals surface area contributed by atoms with Gasteiger partial charge in [-0.05, 0) is 18.1 Å². The number of aryl methyl sites for hydroxylation is 1. The summed E-state index contributed by atoms with van der Waals surface area (Å²) in [5, 5.41) is 8.70. The molecule has 0 spiro atoms. The first-order valence-corrected chi connectivity index (χ1v) is 5.73. The van der Waals surface area contributed by atoms with E-state index in [0.717, 1.165) is 6.54 Å². The molecule has 0 fully saturated rings. The molecule has 0 saturated carbocycles. The Labute approximate surface area is 102 Å². The minimum Gasteiger partial charge on any atom is -0.481 e. The third-order valence-electron chi connectivity index (χ3n) is 2.68. The predicted molar refractivity (Wildman–Crippen MR) is 68.9 cm³/mol. The van der Waals surface area contributed by atoms with Crippen LogP contribution in [0.2, 0.25) is 0 Å². The average molecular weight is 233 g/mol. The quantitative estimate of drug-likeness (QED) is 0.735. The van der Waals surface area contributed by atoms with Gasteiger partial charge in [-0.3, -0.25) is 9.69 Å². The first-order chi connectivity index (χ1) is 8.13. The Morgan fingerprint density at radius 1 is 1.47 bits per heavy atom. The molecule has 3 nitrogen and oxygen atoms in total. The van der Waals surface area contributed by atoms with Crippen molar-refractivity contribution in [3.63, 3.8) is 0 Å². The number of hydrogen-bond donors (Lipinski definition) is 1. The molecule has 1 aromatic carbocycles. The summed E-state index contributed by atoms with van der Waals surface area (Å²) in [4.78, 5) is 12.7. The average Bonchev–Trinajstić information content (AvgIpc) is 2.29. The van der Waals surface area contributed by atoms with Crippen molar-refractivity contribution >= 4 is 5.97 Å². The Morgan fingerprint density at radius 2 is 2.18 bits per heavy atom. The second kappa shape index (κ2) is 6.86. The molecule has 1 rings (SSSR count). The second-order valence-electron chi connectivity index (χ2n) is 4.09. The number of carboxylic acid groups (broad SMARTS) is 1. The topological polar surface area (TPSA) is 40.5 Å². The zero-order valence-corrected chi connectivity index (χ0v) is 10.2. The number of carboxylic acids is 1. The number of carbonyl (C=O) groups is 1. The van der Waals surface area contributed by atoms with Gasteiger partial charge >= 0.3 is 5.97 Å². The van der Waals surface area contributed by atoms with Crippen LogP contribution in [0.4, 0.5) is 0 Å². The minimum absolute atomic E-state index is 0.166. The summed E-state index contributed by atoms with van der Waals surface area (Å²) >= 11 is 0. The van der Waals surface area contributed by atoms with E-state index >= 15 is 0 Å². The van der Waals surface area contributed by atoms with E-state index in [1.165, 1.54) is 11.1 Å². The van der Waals surface area contributed by atoms with E-state index in [9.17, 15) is 4.79 Å². The summed E-state index contributed by atoms with van der Waals surface area (Å²) < 4.78 is 0. The highest BCUT2D eigenvalue weighted by molar-refractivity contribution is 5.66. The largest absolute Gasteiger partial charge is 0.481 e. The summed E-state index contributed by atoms with van der Waals surface area (Å²) in [6.45, 7) is 7.80. The van der Waals surface area contributed by atoms with Crippen LogP contribution >= 0.6 is 0 Å². The van der Waals surface area contributed by atoms with Crippen LogP contribution in [0.3, 0.4) is 0 Å². The maximum absolute atomic E-state index is 10.6. The monoisotopic (exact) mass is 233 g/mol. The van der Waals surface area contributed by atoms with Crippen LogP contribution in [0, 0.1) is 6.92 Å².